The van der Waals surface area contributed by atoms with Crippen molar-refractivity contribution in [2.24, 2.45) is 5.92 Å². The van der Waals surface area contributed by atoms with Crippen molar-refractivity contribution in [3.05, 3.63) is 29.5 Å². The van der Waals surface area contributed by atoms with Crippen LogP contribution in [0.2, 0.25) is 0 Å². The molecule has 3 aromatic rings. The lowest BCUT2D eigenvalue weighted by atomic mass is 10.2. The first-order chi connectivity index (χ1) is 10.1. The van der Waals surface area contributed by atoms with Crippen LogP contribution in [0.3, 0.4) is 0 Å². The molecule has 0 amide bonds. The first kappa shape index (κ1) is 13.7. The predicted molar refractivity (Wildman–Crippen MR) is 82.9 cm³/mol. The van der Waals surface area contributed by atoms with E-state index in [0.717, 1.165) is 34.0 Å². The Kier molecular flexibility index (Phi) is 3.43. The zero-order valence-electron chi connectivity index (χ0n) is 12.2. The Morgan fingerprint density at radius 1 is 1.38 bits per heavy atom. The normalized spacial score (nSPS) is 11.2. The van der Waals surface area contributed by atoms with Gasteiger partial charge in [0.15, 0.2) is 5.82 Å². The van der Waals surface area contributed by atoms with Crippen LogP contribution in [-0.4, -0.2) is 19.1 Å². The van der Waals surface area contributed by atoms with E-state index < -0.39 is 0 Å². The van der Waals surface area contributed by atoms with Crippen molar-refractivity contribution >= 4 is 22.6 Å². The SMILES string of the molecule is Cc1nnsc1-c1nc2cc(C#N)ccc2n1CC(C)C. The number of aryl methyl sites for hydroxylation is 1. The van der Waals surface area contributed by atoms with Gasteiger partial charge in [-0.15, -0.1) is 5.10 Å². The molecule has 0 aliphatic carbocycles. The third kappa shape index (κ3) is 2.41. The van der Waals surface area contributed by atoms with Gasteiger partial charge >= 0.3 is 0 Å². The molecule has 5 nitrogen and oxygen atoms in total. The highest BCUT2D eigenvalue weighted by Gasteiger charge is 2.18. The van der Waals surface area contributed by atoms with E-state index in [1.165, 1.54) is 11.5 Å². The Morgan fingerprint density at radius 3 is 2.81 bits per heavy atom. The molecular weight excluding hydrogens is 282 g/mol. The van der Waals surface area contributed by atoms with Crippen molar-refractivity contribution in [3.63, 3.8) is 0 Å². The lowest BCUT2D eigenvalue weighted by molar-refractivity contribution is 0.537. The minimum absolute atomic E-state index is 0.498. The van der Waals surface area contributed by atoms with Gasteiger partial charge in [-0.05, 0) is 42.6 Å². The summed E-state index contributed by atoms with van der Waals surface area (Å²) in [6, 6.07) is 7.80. The summed E-state index contributed by atoms with van der Waals surface area (Å²) in [6.45, 7) is 7.17. The van der Waals surface area contributed by atoms with Crippen molar-refractivity contribution in [2.75, 3.05) is 0 Å². The summed E-state index contributed by atoms with van der Waals surface area (Å²) in [6.07, 6.45) is 0. The van der Waals surface area contributed by atoms with Crippen LogP contribution in [0.4, 0.5) is 0 Å². The maximum absolute atomic E-state index is 9.04. The molecule has 2 heterocycles. The molecule has 0 fully saturated rings. The maximum atomic E-state index is 9.04. The van der Waals surface area contributed by atoms with Crippen molar-refractivity contribution < 1.29 is 0 Å². The highest BCUT2D eigenvalue weighted by Crippen LogP contribution is 2.30. The molecule has 0 unspecified atom stereocenters. The van der Waals surface area contributed by atoms with E-state index in [-0.39, 0.29) is 0 Å². The van der Waals surface area contributed by atoms with Gasteiger partial charge in [0.2, 0.25) is 0 Å². The summed E-state index contributed by atoms with van der Waals surface area (Å²) in [5.74, 6) is 1.39. The van der Waals surface area contributed by atoms with E-state index in [1.807, 2.05) is 25.1 Å². The number of nitriles is 1. The Balaban J connectivity index is 2.27. The van der Waals surface area contributed by atoms with Crippen molar-refractivity contribution in [1.82, 2.24) is 19.1 Å². The molecule has 0 saturated carbocycles. The molecule has 0 aliphatic rings. The molecule has 3 rings (SSSR count). The van der Waals surface area contributed by atoms with Crippen molar-refractivity contribution in [1.29, 1.82) is 5.26 Å². The van der Waals surface area contributed by atoms with Gasteiger partial charge in [-0.2, -0.15) is 5.26 Å². The number of nitrogens with zero attached hydrogens (tertiary/aromatic N) is 5. The van der Waals surface area contributed by atoms with Gasteiger partial charge in [-0.1, -0.05) is 18.3 Å². The average Bonchev–Trinajstić information content (AvgIpc) is 3.02. The number of hydrogen-bond acceptors (Lipinski definition) is 5. The summed E-state index contributed by atoms with van der Waals surface area (Å²) >= 11 is 1.36. The van der Waals surface area contributed by atoms with Gasteiger partial charge in [0, 0.05) is 6.54 Å². The number of hydrogen-bond donors (Lipinski definition) is 0. The van der Waals surface area contributed by atoms with Gasteiger partial charge in [0.1, 0.15) is 4.88 Å². The second-order valence-electron chi connectivity index (χ2n) is 5.44. The van der Waals surface area contributed by atoms with E-state index in [4.69, 9.17) is 10.2 Å². The molecule has 1 aromatic carbocycles. The first-order valence-corrected chi connectivity index (χ1v) is 7.57. The number of aromatic nitrogens is 4. The van der Waals surface area contributed by atoms with Crippen LogP contribution in [0.25, 0.3) is 21.7 Å². The molecular formula is C15H15N5S. The number of fused-ring (bicyclic) bond motifs is 1. The van der Waals surface area contributed by atoms with Crippen LogP contribution in [0, 0.1) is 24.2 Å². The molecule has 0 radical (unpaired) electrons. The summed E-state index contributed by atoms with van der Waals surface area (Å²) in [5.41, 5.74) is 3.41. The summed E-state index contributed by atoms with van der Waals surface area (Å²) in [7, 11) is 0. The third-order valence-electron chi connectivity index (χ3n) is 3.28. The fraction of sp³-hybridized carbons (Fsp3) is 0.333. The largest absolute Gasteiger partial charge is 0.323 e. The Labute approximate surface area is 127 Å². The number of benzene rings is 1. The molecule has 6 heteroatoms. The third-order valence-corrected chi connectivity index (χ3v) is 4.10. The van der Waals surface area contributed by atoms with Crippen LogP contribution < -0.4 is 0 Å². The highest BCUT2D eigenvalue weighted by atomic mass is 32.1. The van der Waals surface area contributed by atoms with E-state index >= 15 is 0 Å². The lowest BCUT2D eigenvalue weighted by Crippen LogP contribution is -2.06. The fourth-order valence-corrected chi connectivity index (χ4v) is 3.01. The van der Waals surface area contributed by atoms with Crippen molar-refractivity contribution in [2.45, 2.75) is 27.3 Å². The summed E-state index contributed by atoms with van der Waals surface area (Å²) in [4.78, 5) is 5.71. The molecule has 0 N–H and O–H groups in total. The quantitative estimate of drug-likeness (QED) is 0.743. The second kappa shape index (κ2) is 5.26. The highest BCUT2D eigenvalue weighted by molar-refractivity contribution is 7.09. The molecule has 2 aromatic heterocycles. The van der Waals surface area contributed by atoms with Gasteiger partial charge in [-0.25, -0.2) is 4.98 Å². The zero-order chi connectivity index (χ0) is 15.0. The number of rotatable bonds is 3. The minimum atomic E-state index is 0.498. The summed E-state index contributed by atoms with van der Waals surface area (Å²) in [5, 5.41) is 13.1. The molecule has 0 saturated heterocycles. The maximum Gasteiger partial charge on any atom is 0.154 e. The Bertz CT molecular complexity index is 837. The Morgan fingerprint density at radius 2 is 2.19 bits per heavy atom. The molecule has 0 bridgehead atoms. The standard InChI is InChI=1S/C15H15N5S/c1-9(2)8-20-13-5-4-11(7-16)6-12(13)17-15(20)14-10(3)18-19-21-14/h4-6,9H,8H2,1-3H3. The van der Waals surface area contributed by atoms with Gasteiger partial charge in [-0.3, -0.25) is 0 Å². The Hall–Kier alpha value is -2.26. The molecule has 21 heavy (non-hydrogen) atoms. The van der Waals surface area contributed by atoms with Crippen LogP contribution in [0.5, 0.6) is 0 Å². The first-order valence-electron chi connectivity index (χ1n) is 6.80. The zero-order valence-corrected chi connectivity index (χ0v) is 13.0. The van der Waals surface area contributed by atoms with Crippen LogP contribution >= 0.6 is 11.5 Å². The van der Waals surface area contributed by atoms with Gasteiger partial charge in [0.25, 0.3) is 0 Å². The molecule has 0 aliphatic heterocycles. The van der Waals surface area contributed by atoms with E-state index in [0.29, 0.717) is 11.5 Å². The average molecular weight is 297 g/mol. The fourth-order valence-electron chi connectivity index (χ4n) is 2.36. The summed E-state index contributed by atoms with van der Waals surface area (Å²) < 4.78 is 6.21. The van der Waals surface area contributed by atoms with E-state index in [1.54, 1.807) is 0 Å². The van der Waals surface area contributed by atoms with Crippen LogP contribution in [0.1, 0.15) is 25.1 Å². The van der Waals surface area contributed by atoms with Gasteiger partial charge < -0.3 is 4.57 Å². The minimum Gasteiger partial charge on any atom is -0.323 e. The molecule has 0 spiro atoms. The predicted octanol–water partition coefficient (Wildman–Crippen LogP) is 3.39. The molecule has 0 atom stereocenters. The van der Waals surface area contributed by atoms with Gasteiger partial charge in [0.05, 0.1) is 28.4 Å². The number of imidazole rings is 1. The second-order valence-corrected chi connectivity index (χ2v) is 6.20. The molecule has 106 valence electrons. The van der Waals surface area contributed by atoms with Crippen LogP contribution in [-0.2, 0) is 6.54 Å². The van der Waals surface area contributed by atoms with E-state index in [2.05, 4.69) is 34.1 Å². The monoisotopic (exact) mass is 297 g/mol. The smallest absolute Gasteiger partial charge is 0.154 e. The lowest BCUT2D eigenvalue weighted by Gasteiger charge is -2.10. The van der Waals surface area contributed by atoms with E-state index in [9.17, 15) is 0 Å². The topological polar surface area (TPSA) is 67.4 Å². The van der Waals surface area contributed by atoms with Crippen LogP contribution in [0.15, 0.2) is 18.2 Å². The van der Waals surface area contributed by atoms with Crippen molar-refractivity contribution in [3.8, 4) is 16.8 Å².